The molecule has 0 unspecified atom stereocenters. The maximum Gasteiger partial charge on any atom is 0.123 e. The van der Waals surface area contributed by atoms with Crippen molar-refractivity contribution in [2.45, 2.75) is 89.9 Å². The first-order valence-electron chi connectivity index (χ1n) is 12.1. The molecule has 10 heteroatoms. The van der Waals surface area contributed by atoms with E-state index in [0.29, 0.717) is 22.4 Å². The molecule has 0 spiro atoms. The zero-order chi connectivity index (χ0) is 26.6. The van der Waals surface area contributed by atoms with Gasteiger partial charge in [0.15, 0.2) is 0 Å². The maximum atomic E-state index is 13.2. The third-order valence-electron chi connectivity index (χ3n) is 9.18. The molecule has 2 aliphatic rings. The quantitative estimate of drug-likeness (QED) is 0.466. The Morgan fingerprint density at radius 1 is 0.583 bits per heavy atom. The molecule has 4 heterocycles. The van der Waals surface area contributed by atoms with Gasteiger partial charge in [-0.05, 0) is 67.5 Å². The Morgan fingerprint density at radius 2 is 0.889 bits per heavy atom. The van der Waals surface area contributed by atoms with E-state index in [9.17, 15) is 20.8 Å². The zero-order valence-corrected chi connectivity index (χ0v) is 21.9. The van der Waals surface area contributed by atoms with Crippen molar-refractivity contribution in [1.29, 1.82) is 0 Å². The molecule has 2 aromatic heterocycles. The summed E-state index contributed by atoms with van der Waals surface area (Å²) in [6, 6.07) is 10.8. The lowest BCUT2D eigenvalue weighted by molar-refractivity contribution is -0.233. The molecule has 3 aromatic rings. The van der Waals surface area contributed by atoms with Gasteiger partial charge in [-0.25, -0.2) is 9.97 Å². The molecule has 2 saturated heterocycles. The highest BCUT2D eigenvalue weighted by molar-refractivity contribution is 6.02. The van der Waals surface area contributed by atoms with Crippen molar-refractivity contribution in [3.63, 3.8) is 0 Å². The summed E-state index contributed by atoms with van der Waals surface area (Å²) in [5, 5.41) is 57.6. The van der Waals surface area contributed by atoms with Crippen LogP contribution in [0.4, 0.5) is 0 Å². The summed E-state index contributed by atoms with van der Waals surface area (Å²) in [6.07, 6.45) is -2.22. The van der Waals surface area contributed by atoms with Gasteiger partial charge in [0, 0.05) is 21.9 Å². The summed E-state index contributed by atoms with van der Waals surface area (Å²) in [5.41, 5.74) is -2.08. The Balaban J connectivity index is 1.66. The fourth-order valence-electron chi connectivity index (χ4n) is 5.06. The lowest BCUT2D eigenvalue weighted by atomic mass is 9.84. The number of aromatic nitrogens is 2. The summed E-state index contributed by atoms with van der Waals surface area (Å²) in [6.45, 7) is 14.0. The van der Waals surface area contributed by atoms with Crippen molar-refractivity contribution in [3.8, 4) is 0 Å². The van der Waals surface area contributed by atoms with Crippen LogP contribution in [0.3, 0.4) is 0 Å². The largest absolute Gasteiger partial charge is 0.783 e. The summed E-state index contributed by atoms with van der Waals surface area (Å²) in [4.78, 5) is 9.50. The van der Waals surface area contributed by atoms with Crippen LogP contribution in [0.5, 0.6) is 0 Å². The number of hydrogen-bond acceptors (Lipinski definition) is 8. The highest BCUT2D eigenvalue weighted by Gasteiger charge is 2.56. The third-order valence-corrected chi connectivity index (χ3v) is 9.18. The fraction of sp³-hybridized carbons (Fsp3) is 0.538. The first kappa shape index (κ1) is 25.4. The van der Waals surface area contributed by atoms with Gasteiger partial charge in [0.25, 0.3) is 0 Å². The molecular weight excluding hydrogens is 460 g/mol. The van der Waals surface area contributed by atoms with E-state index < -0.39 is 34.5 Å². The molecule has 1 aromatic carbocycles. The second-order valence-corrected chi connectivity index (χ2v) is 12.0. The Kier molecular flexibility index (Phi) is 5.37. The van der Waals surface area contributed by atoms with Crippen LogP contribution in [-0.2, 0) is 10.4 Å². The lowest BCUT2D eigenvalue weighted by Crippen LogP contribution is -2.51. The summed E-state index contributed by atoms with van der Waals surface area (Å²) < 4.78 is 0. The zero-order valence-electron chi connectivity index (χ0n) is 21.9. The first-order valence-corrected chi connectivity index (χ1v) is 12.1. The predicted molar refractivity (Wildman–Crippen MR) is 134 cm³/mol. The normalized spacial score (nSPS) is 28.4. The van der Waals surface area contributed by atoms with Gasteiger partial charge < -0.3 is 20.5 Å². The molecule has 0 aliphatic carbocycles. The molecule has 36 heavy (non-hydrogen) atoms. The van der Waals surface area contributed by atoms with Gasteiger partial charge in [-0.2, -0.15) is 0 Å². The van der Waals surface area contributed by atoms with Crippen molar-refractivity contribution in [1.82, 2.24) is 30.2 Å². The molecule has 0 atom stereocenters. The van der Waals surface area contributed by atoms with Crippen molar-refractivity contribution >= 4 is 21.8 Å². The first-order chi connectivity index (χ1) is 16.5. The maximum absolute atomic E-state index is 13.2. The van der Waals surface area contributed by atoms with Gasteiger partial charge in [0.1, 0.15) is 12.3 Å². The van der Waals surface area contributed by atoms with E-state index in [-0.39, 0.29) is 0 Å². The Morgan fingerprint density at radius 3 is 1.17 bits per heavy atom. The Labute approximate surface area is 210 Å². The number of benzene rings is 1. The predicted octanol–water partition coefficient (Wildman–Crippen LogP) is 4.82. The van der Waals surface area contributed by atoms with Gasteiger partial charge in [-0.15, -0.1) is 20.5 Å². The van der Waals surface area contributed by atoms with E-state index >= 15 is 0 Å². The van der Waals surface area contributed by atoms with Gasteiger partial charge in [-0.3, -0.25) is 0 Å². The summed E-state index contributed by atoms with van der Waals surface area (Å²) in [7, 11) is 0. The van der Waals surface area contributed by atoms with Crippen LogP contribution in [0, 0.1) is 10.4 Å². The molecule has 0 amide bonds. The van der Waals surface area contributed by atoms with E-state index in [0.717, 1.165) is 31.0 Å². The van der Waals surface area contributed by atoms with Crippen LogP contribution in [-0.4, -0.2) is 52.4 Å². The molecule has 0 N–H and O–H groups in total. The molecule has 0 bridgehead atoms. The van der Waals surface area contributed by atoms with Crippen molar-refractivity contribution in [2.75, 3.05) is 0 Å². The van der Waals surface area contributed by atoms with Gasteiger partial charge in [0.2, 0.25) is 0 Å². The average molecular weight is 493 g/mol. The highest BCUT2D eigenvalue weighted by atomic mass is 16.6. The topological polar surface area (TPSA) is 125 Å². The molecule has 192 valence electrons. The molecule has 10 nitrogen and oxygen atoms in total. The van der Waals surface area contributed by atoms with Crippen LogP contribution in [0.25, 0.3) is 21.8 Å². The summed E-state index contributed by atoms with van der Waals surface area (Å²) in [5.74, 6) is 0. The van der Waals surface area contributed by atoms with E-state index in [1.807, 2.05) is 24.3 Å². The van der Waals surface area contributed by atoms with E-state index in [4.69, 9.17) is 9.97 Å². The number of rotatable bonds is 2. The molecule has 0 saturated carbocycles. The monoisotopic (exact) mass is 492 g/mol. The van der Waals surface area contributed by atoms with Crippen LogP contribution < -0.4 is 0 Å². The minimum Gasteiger partial charge on any atom is -0.783 e. The van der Waals surface area contributed by atoms with E-state index in [1.54, 1.807) is 67.5 Å². The molecule has 5 rings (SSSR count). The number of pyridine rings is 2. The second-order valence-electron chi connectivity index (χ2n) is 12.0. The van der Waals surface area contributed by atoms with E-state index in [1.165, 1.54) is 0 Å². The lowest BCUT2D eigenvalue weighted by Gasteiger charge is -2.44. The van der Waals surface area contributed by atoms with Crippen LogP contribution >= 0.6 is 0 Å². The smallest absolute Gasteiger partial charge is 0.123 e. The van der Waals surface area contributed by atoms with Crippen molar-refractivity contribution < 1.29 is 10.4 Å². The Hall–Kier alpha value is -2.28. The van der Waals surface area contributed by atoms with Crippen LogP contribution in [0.1, 0.15) is 79.1 Å². The van der Waals surface area contributed by atoms with Crippen molar-refractivity contribution in [2.24, 2.45) is 0 Å². The SMILES string of the molecule is CC1(C)N([O])C(c2ccc3ccc4ccc(C5N([O])C(C)(C)C(C)(C)N5[O-])nc4c3n2)N([O-])C1(C)C. The van der Waals surface area contributed by atoms with Crippen LogP contribution in [0.2, 0.25) is 0 Å². The van der Waals surface area contributed by atoms with Gasteiger partial charge >= 0.3 is 0 Å². The minimum atomic E-state index is -1.11. The fourth-order valence-corrected chi connectivity index (χ4v) is 5.06. The Bertz CT molecular complexity index is 1210. The number of hydrogen-bond donors (Lipinski definition) is 0. The van der Waals surface area contributed by atoms with Gasteiger partial charge in [-0.1, -0.05) is 24.3 Å². The molecule has 2 aliphatic heterocycles. The third kappa shape index (κ3) is 3.07. The average Bonchev–Trinajstić information content (AvgIpc) is 3.02. The molecular formula is C26H32N6O4-2. The minimum absolute atomic E-state index is 0.324. The van der Waals surface area contributed by atoms with Crippen LogP contribution in [0.15, 0.2) is 36.4 Å². The highest BCUT2D eigenvalue weighted by Crippen LogP contribution is 2.49. The van der Waals surface area contributed by atoms with E-state index in [2.05, 4.69) is 0 Å². The number of fused-ring (bicyclic) bond motifs is 3. The number of hydroxylamine groups is 8. The van der Waals surface area contributed by atoms with Crippen molar-refractivity contribution in [3.05, 3.63) is 58.2 Å². The standard InChI is InChI=1S/C26H32N6O4/c1-23(2)24(3,4)30(34)21(29(23)33)17-13-11-15-9-10-16-12-14-18(28-20(16)19(15)27-17)22-31(35)25(5,6)26(7,8)32(22)36/h9-14,21-22H,1-8H3/q-2. The summed E-state index contributed by atoms with van der Waals surface area (Å²) >= 11 is 0. The second kappa shape index (κ2) is 7.62. The molecule has 2 radical (unpaired) electrons. The van der Waals surface area contributed by atoms with Gasteiger partial charge in [0.05, 0.1) is 33.5 Å². The number of nitrogens with zero attached hydrogens (tertiary/aromatic N) is 6. The molecule has 2 fully saturated rings.